The van der Waals surface area contributed by atoms with Crippen LogP contribution in [-0.2, 0) is 13.7 Å². The van der Waals surface area contributed by atoms with Crippen LogP contribution in [0.2, 0.25) is 0 Å². The Morgan fingerprint density at radius 2 is 1.41 bits per heavy atom. The molecule has 2 unspecified atom stereocenters. The van der Waals surface area contributed by atoms with Gasteiger partial charge in [-0.2, -0.15) is 0 Å². The fraction of sp³-hybridized carbons (Fsp3) is 0.273. The maximum Gasteiger partial charge on any atom is 0.240 e. The molecule has 3 nitrogen and oxygen atoms in total. The molecule has 2 aromatic carbocycles. The lowest BCUT2D eigenvalue weighted by Gasteiger charge is -2.50. The Morgan fingerprint density at radius 1 is 0.815 bits per heavy atom. The molecule has 1 aliphatic carbocycles. The molecule has 0 N–H and O–H groups in total. The SMILES string of the molecule is CC1=CP(=O)(c2ccccc2)[C@H]2[C@@H]1[C@@H]1OP(=O)(c3ccccc3)[C@H]2C=C1C. The van der Waals surface area contributed by atoms with Gasteiger partial charge in [0.05, 0.1) is 11.8 Å². The van der Waals surface area contributed by atoms with Crippen LogP contribution in [0.4, 0.5) is 0 Å². The molecule has 6 atom stereocenters. The van der Waals surface area contributed by atoms with E-state index in [0.29, 0.717) is 0 Å². The van der Waals surface area contributed by atoms with Crippen molar-refractivity contribution in [3.05, 3.63) is 83.7 Å². The summed E-state index contributed by atoms with van der Waals surface area (Å²) in [6.45, 7) is 4.09. The van der Waals surface area contributed by atoms with Crippen LogP contribution in [0.5, 0.6) is 0 Å². The summed E-state index contributed by atoms with van der Waals surface area (Å²) in [4.78, 5) is 0. The van der Waals surface area contributed by atoms with Gasteiger partial charge in [-0.25, -0.2) is 0 Å². The molecule has 0 radical (unpaired) electrons. The summed E-state index contributed by atoms with van der Waals surface area (Å²) in [6.07, 6.45) is 1.83. The molecule has 1 saturated heterocycles. The van der Waals surface area contributed by atoms with Crippen LogP contribution in [0.15, 0.2) is 83.7 Å². The van der Waals surface area contributed by atoms with E-state index < -0.39 is 14.5 Å². The van der Waals surface area contributed by atoms with Gasteiger partial charge in [0, 0.05) is 22.2 Å². The largest absolute Gasteiger partial charge is 0.316 e. The molecule has 6 rings (SSSR count). The molecule has 2 aromatic rings. The van der Waals surface area contributed by atoms with Crippen molar-refractivity contribution in [1.82, 2.24) is 0 Å². The second-order valence-electron chi connectivity index (χ2n) is 7.79. The van der Waals surface area contributed by atoms with Gasteiger partial charge in [0.15, 0.2) is 0 Å². The van der Waals surface area contributed by atoms with Gasteiger partial charge in [0.25, 0.3) is 0 Å². The van der Waals surface area contributed by atoms with Gasteiger partial charge in [-0.3, -0.25) is 4.57 Å². The van der Waals surface area contributed by atoms with E-state index in [0.717, 1.165) is 21.8 Å². The quantitative estimate of drug-likeness (QED) is 0.535. The first-order chi connectivity index (χ1) is 12.9. The van der Waals surface area contributed by atoms with Crippen LogP contribution >= 0.6 is 14.5 Å². The van der Waals surface area contributed by atoms with Crippen molar-refractivity contribution in [2.45, 2.75) is 31.3 Å². The van der Waals surface area contributed by atoms with E-state index in [1.54, 1.807) is 0 Å². The summed E-state index contributed by atoms with van der Waals surface area (Å²) in [6, 6.07) is 19.1. The van der Waals surface area contributed by atoms with E-state index in [1.165, 1.54) is 0 Å². The average Bonchev–Trinajstić information content (AvgIpc) is 2.97. The Bertz CT molecular complexity index is 1060. The fourth-order valence-corrected chi connectivity index (χ4v) is 12.5. The molecule has 1 fully saturated rings. The van der Waals surface area contributed by atoms with Gasteiger partial charge in [-0.1, -0.05) is 60.2 Å². The van der Waals surface area contributed by atoms with Crippen molar-refractivity contribution in [3.8, 4) is 0 Å². The summed E-state index contributed by atoms with van der Waals surface area (Å²) in [5.41, 5.74) is 1.68. The van der Waals surface area contributed by atoms with E-state index in [4.69, 9.17) is 4.52 Å². The van der Waals surface area contributed by atoms with Crippen molar-refractivity contribution in [1.29, 1.82) is 0 Å². The average molecular weight is 396 g/mol. The third-order valence-corrected chi connectivity index (χ3v) is 12.7. The van der Waals surface area contributed by atoms with Gasteiger partial charge in [-0.15, -0.1) is 0 Å². The Kier molecular flexibility index (Phi) is 3.82. The van der Waals surface area contributed by atoms with E-state index in [-0.39, 0.29) is 23.3 Å². The summed E-state index contributed by atoms with van der Waals surface area (Å²) in [5, 5.41) is 1.58. The van der Waals surface area contributed by atoms with E-state index >= 15 is 0 Å². The highest BCUT2D eigenvalue weighted by atomic mass is 31.2. The van der Waals surface area contributed by atoms with Crippen LogP contribution in [0.1, 0.15) is 13.8 Å². The standard InChI is InChI=1S/C22H22O3P2/c1-15-13-19-22-20(16(2)14-26(22,23)17-9-5-3-6-10-17)21(15)25-27(19,24)18-11-7-4-8-12-18/h3-14,19-22H,1-2H3/t19-,20-,21+,22+,26?,27?/m0/s1. The monoisotopic (exact) mass is 396 g/mol. The Morgan fingerprint density at radius 3 is 2.04 bits per heavy atom. The Labute approximate surface area is 160 Å². The number of rotatable bonds is 2. The van der Waals surface area contributed by atoms with Crippen molar-refractivity contribution in [2.24, 2.45) is 5.92 Å². The first kappa shape index (κ1) is 17.4. The summed E-state index contributed by atoms with van der Waals surface area (Å²) >= 11 is 0. The van der Waals surface area contributed by atoms with Gasteiger partial charge in [0.2, 0.25) is 7.37 Å². The normalized spacial score (nSPS) is 39.6. The minimum Gasteiger partial charge on any atom is -0.316 e. The van der Waals surface area contributed by atoms with Crippen molar-refractivity contribution in [3.63, 3.8) is 0 Å². The van der Waals surface area contributed by atoms with Gasteiger partial charge in [0.1, 0.15) is 7.14 Å². The molecule has 0 aromatic heterocycles. The minimum atomic E-state index is -3.14. The molecule has 2 bridgehead atoms. The topological polar surface area (TPSA) is 43.4 Å². The van der Waals surface area contributed by atoms with Crippen LogP contribution < -0.4 is 10.6 Å². The molecule has 27 heavy (non-hydrogen) atoms. The summed E-state index contributed by atoms with van der Waals surface area (Å²) in [5.74, 6) is 2.01. The molecule has 0 amide bonds. The van der Waals surface area contributed by atoms with Crippen molar-refractivity contribution >= 4 is 25.1 Å². The first-order valence-electron chi connectivity index (χ1n) is 9.31. The molecular weight excluding hydrogens is 374 g/mol. The fourth-order valence-electron chi connectivity index (χ4n) is 5.05. The number of hydrogen-bond acceptors (Lipinski definition) is 3. The molecule has 4 aliphatic rings. The Hall–Kier alpha value is -1.66. The third kappa shape index (κ3) is 2.32. The van der Waals surface area contributed by atoms with Gasteiger partial charge in [-0.05, 0) is 37.4 Å². The zero-order chi connectivity index (χ0) is 18.8. The second-order valence-corrected chi connectivity index (χ2v) is 13.1. The molecule has 3 heterocycles. The third-order valence-electron chi connectivity index (χ3n) is 6.23. The lowest BCUT2D eigenvalue weighted by atomic mass is 9.82. The van der Waals surface area contributed by atoms with Crippen LogP contribution in [0, 0.1) is 5.92 Å². The van der Waals surface area contributed by atoms with Crippen LogP contribution in [-0.4, -0.2) is 17.4 Å². The Balaban J connectivity index is 1.71. The highest BCUT2D eigenvalue weighted by molar-refractivity contribution is 7.77. The number of allylic oxidation sites excluding steroid dienone is 1. The maximum absolute atomic E-state index is 14.3. The zero-order valence-electron chi connectivity index (χ0n) is 15.4. The lowest BCUT2D eigenvalue weighted by molar-refractivity contribution is 0.154. The highest BCUT2D eigenvalue weighted by Gasteiger charge is 2.63. The maximum atomic E-state index is 14.3. The molecule has 138 valence electrons. The number of fused-ring (bicyclic) bond motifs is 1. The lowest BCUT2D eigenvalue weighted by Crippen LogP contribution is -2.50. The smallest absolute Gasteiger partial charge is 0.240 e. The predicted octanol–water partition coefficient (Wildman–Crippen LogP) is 4.91. The molecule has 5 heteroatoms. The van der Waals surface area contributed by atoms with Gasteiger partial charge < -0.3 is 9.09 Å². The zero-order valence-corrected chi connectivity index (χ0v) is 17.1. The molecule has 3 aliphatic heterocycles. The van der Waals surface area contributed by atoms with Crippen molar-refractivity contribution < 1.29 is 13.7 Å². The summed E-state index contributed by atoms with van der Waals surface area (Å²) in [7, 11) is -5.98. The van der Waals surface area contributed by atoms with E-state index in [9.17, 15) is 9.13 Å². The number of hydrogen-bond donors (Lipinski definition) is 0. The molecule has 0 saturated carbocycles. The minimum absolute atomic E-state index is 0.0387. The van der Waals surface area contributed by atoms with Gasteiger partial charge >= 0.3 is 0 Å². The predicted molar refractivity (Wildman–Crippen MR) is 111 cm³/mol. The van der Waals surface area contributed by atoms with Crippen LogP contribution in [0.3, 0.4) is 0 Å². The van der Waals surface area contributed by atoms with Crippen LogP contribution in [0.25, 0.3) is 0 Å². The van der Waals surface area contributed by atoms with Crippen molar-refractivity contribution in [2.75, 3.05) is 0 Å². The van der Waals surface area contributed by atoms with E-state index in [1.807, 2.05) is 80.3 Å². The molecule has 0 spiro atoms. The van der Waals surface area contributed by atoms with E-state index in [2.05, 4.69) is 6.08 Å². The highest BCUT2D eigenvalue weighted by Crippen LogP contribution is 2.75. The first-order valence-corrected chi connectivity index (χ1v) is 12.9. The number of benzene rings is 2. The molecular formula is C22H22O3P2. The summed E-state index contributed by atoms with van der Waals surface area (Å²) < 4.78 is 34.8. The second kappa shape index (κ2) is 5.92.